The average molecular weight is 599 g/mol. The van der Waals surface area contributed by atoms with Crippen molar-refractivity contribution in [3.05, 3.63) is 109 Å². The Morgan fingerprint density at radius 1 is 0.556 bits per heavy atom. The molecule has 0 fully saturated rings. The van der Waals surface area contributed by atoms with Crippen LogP contribution in [0.25, 0.3) is 33.5 Å². The van der Waals surface area contributed by atoms with Crippen molar-refractivity contribution in [2.45, 2.75) is 64.7 Å². The van der Waals surface area contributed by atoms with Gasteiger partial charge in [0, 0.05) is 36.3 Å². The van der Waals surface area contributed by atoms with E-state index in [1.165, 1.54) is 44.1 Å². The van der Waals surface area contributed by atoms with E-state index < -0.39 is 0 Å². The lowest BCUT2D eigenvalue weighted by atomic mass is 10.00. The molecule has 0 radical (unpaired) electrons. The minimum Gasteiger partial charge on any atom is -0.369 e. The van der Waals surface area contributed by atoms with Crippen LogP contribution in [0.3, 0.4) is 0 Å². The molecule has 0 saturated carbocycles. The molecule has 2 aromatic heterocycles. The van der Waals surface area contributed by atoms with Crippen molar-refractivity contribution in [1.29, 1.82) is 0 Å². The van der Waals surface area contributed by atoms with Gasteiger partial charge in [-0.15, -0.1) is 15.3 Å². The highest BCUT2D eigenvalue weighted by Crippen LogP contribution is 2.31. The van der Waals surface area contributed by atoms with Crippen molar-refractivity contribution >= 4 is 11.6 Å². The smallest absolute Gasteiger partial charge is 0.151 e. The number of benzene rings is 3. The Hall–Kier alpha value is -4.58. The fourth-order valence-corrected chi connectivity index (χ4v) is 5.67. The number of nitrogens with one attached hydrogen (secondary N) is 1. The average Bonchev–Trinajstić information content (AvgIpc) is 3.11. The monoisotopic (exact) mass is 598 g/mol. The second-order valence-corrected chi connectivity index (χ2v) is 11.6. The molecule has 5 rings (SSSR count). The summed E-state index contributed by atoms with van der Waals surface area (Å²) >= 11 is 0. The number of anilines is 2. The molecule has 0 aliphatic rings. The number of hydrogen-bond donors (Lipinski definition) is 1. The first kappa shape index (κ1) is 31.8. The van der Waals surface area contributed by atoms with Crippen LogP contribution >= 0.6 is 0 Å². The third kappa shape index (κ3) is 9.70. The number of aromatic nitrogens is 4. The molecule has 232 valence electrons. The van der Waals surface area contributed by atoms with Gasteiger partial charge >= 0.3 is 0 Å². The Morgan fingerprint density at radius 2 is 1.16 bits per heavy atom. The zero-order chi connectivity index (χ0) is 30.9. The van der Waals surface area contributed by atoms with Gasteiger partial charge in [-0.3, -0.25) is 0 Å². The molecule has 45 heavy (non-hydrogen) atoms. The van der Waals surface area contributed by atoms with Crippen LogP contribution in [0.1, 0.15) is 64.7 Å². The summed E-state index contributed by atoms with van der Waals surface area (Å²) in [5, 5.41) is 21.6. The van der Waals surface area contributed by atoms with Gasteiger partial charge in [-0.05, 0) is 42.5 Å². The van der Waals surface area contributed by atoms with Crippen LogP contribution in [0.2, 0.25) is 0 Å². The quantitative estimate of drug-likeness (QED) is 0.101. The van der Waals surface area contributed by atoms with E-state index in [1.807, 2.05) is 36.5 Å². The first-order valence-electron chi connectivity index (χ1n) is 16.7. The van der Waals surface area contributed by atoms with Gasteiger partial charge in [-0.25, -0.2) is 0 Å². The number of hydrogen-bond acceptors (Lipinski definition) is 6. The predicted molar refractivity (Wildman–Crippen MR) is 188 cm³/mol. The molecule has 0 aliphatic carbocycles. The number of unbranched alkanes of at least 4 members (excludes halogenated alkanes) is 7. The van der Waals surface area contributed by atoms with Gasteiger partial charge < -0.3 is 10.2 Å². The van der Waals surface area contributed by atoms with E-state index in [0.717, 1.165) is 78.5 Å². The lowest BCUT2D eigenvalue weighted by Gasteiger charge is -2.24. The SMILES string of the molecule is CCCCCCCN(CCCCCCNc1cc(-c2ccccc2)c(-c2ccccc2)nn1)c1cc(-c2ccccc2)cnn1. The minimum atomic E-state index is 0.819. The summed E-state index contributed by atoms with van der Waals surface area (Å²) in [5.41, 5.74) is 6.51. The normalized spacial score (nSPS) is 11.0. The first-order valence-corrected chi connectivity index (χ1v) is 16.7. The molecule has 3 aromatic carbocycles. The molecule has 2 heterocycles. The Morgan fingerprint density at radius 3 is 1.82 bits per heavy atom. The van der Waals surface area contributed by atoms with Crippen molar-refractivity contribution < 1.29 is 0 Å². The Bertz CT molecular complexity index is 1540. The van der Waals surface area contributed by atoms with Gasteiger partial charge in [0.15, 0.2) is 5.82 Å². The highest BCUT2D eigenvalue weighted by molar-refractivity contribution is 5.81. The second kappa shape index (κ2) is 17.6. The summed E-state index contributed by atoms with van der Waals surface area (Å²) in [7, 11) is 0. The fourth-order valence-electron chi connectivity index (χ4n) is 5.67. The summed E-state index contributed by atoms with van der Waals surface area (Å²) in [6, 6.07) is 35.5. The van der Waals surface area contributed by atoms with E-state index in [0.29, 0.717) is 0 Å². The summed E-state index contributed by atoms with van der Waals surface area (Å²) in [4.78, 5) is 2.44. The topological polar surface area (TPSA) is 66.8 Å². The van der Waals surface area contributed by atoms with Crippen molar-refractivity contribution in [1.82, 2.24) is 20.4 Å². The van der Waals surface area contributed by atoms with E-state index >= 15 is 0 Å². The predicted octanol–water partition coefficient (Wildman–Crippen LogP) is 9.72. The second-order valence-electron chi connectivity index (χ2n) is 11.6. The Labute approximate surface area is 269 Å². The van der Waals surface area contributed by atoms with Crippen molar-refractivity contribution in [2.24, 2.45) is 0 Å². The fraction of sp³-hybridized carbons (Fsp3) is 0.333. The van der Waals surface area contributed by atoms with E-state index in [9.17, 15) is 0 Å². The largest absolute Gasteiger partial charge is 0.369 e. The van der Waals surface area contributed by atoms with Gasteiger partial charge in [0.25, 0.3) is 0 Å². The van der Waals surface area contributed by atoms with Crippen LogP contribution in [-0.2, 0) is 0 Å². The van der Waals surface area contributed by atoms with Gasteiger partial charge in [-0.2, -0.15) is 5.10 Å². The standard InChI is InChI=1S/C39H46N6/c1-2-3-4-6-18-27-45(38-29-35(31-41-43-38)32-20-11-8-12-21-32)28-19-7-5-17-26-40-37-30-36(33-22-13-9-14-23-33)39(44-42-37)34-24-15-10-16-25-34/h8-16,20-25,29-31H,2-7,17-19,26-28H2,1H3,(H,40,42). The molecule has 0 aliphatic heterocycles. The van der Waals surface area contributed by atoms with Crippen LogP contribution in [0.5, 0.6) is 0 Å². The highest BCUT2D eigenvalue weighted by atomic mass is 15.3. The molecular formula is C39H46N6. The Balaban J connectivity index is 1.13. The maximum atomic E-state index is 4.64. The van der Waals surface area contributed by atoms with Crippen LogP contribution in [0.15, 0.2) is 109 Å². The highest BCUT2D eigenvalue weighted by Gasteiger charge is 2.12. The third-order valence-electron chi connectivity index (χ3n) is 8.19. The van der Waals surface area contributed by atoms with Gasteiger partial charge in [-0.1, -0.05) is 136 Å². The molecule has 6 nitrogen and oxygen atoms in total. The molecule has 0 bridgehead atoms. The van der Waals surface area contributed by atoms with E-state index in [-0.39, 0.29) is 0 Å². The Kier molecular flexibility index (Phi) is 12.5. The summed E-state index contributed by atoms with van der Waals surface area (Å²) in [6.45, 7) is 5.17. The van der Waals surface area contributed by atoms with Gasteiger partial charge in [0.1, 0.15) is 11.5 Å². The van der Waals surface area contributed by atoms with Crippen LogP contribution in [0.4, 0.5) is 11.6 Å². The minimum absolute atomic E-state index is 0.819. The molecule has 6 heteroatoms. The maximum absolute atomic E-state index is 4.64. The van der Waals surface area contributed by atoms with Gasteiger partial charge in [0.2, 0.25) is 0 Å². The summed E-state index contributed by atoms with van der Waals surface area (Å²) in [6.07, 6.45) is 12.8. The van der Waals surface area contributed by atoms with E-state index in [1.54, 1.807) is 0 Å². The first-order chi connectivity index (χ1) is 22.3. The van der Waals surface area contributed by atoms with E-state index in [4.69, 9.17) is 0 Å². The molecule has 0 unspecified atom stereocenters. The third-order valence-corrected chi connectivity index (χ3v) is 8.19. The van der Waals surface area contributed by atoms with E-state index in [2.05, 4.69) is 110 Å². The lowest BCUT2D eigenvalue weighted by molar-refractivity contribution is 0.590. The van der Waals surface area contributed by atoms with Crippen molar-refractivity contribution in [2.75, 3.05) is 29.9 Å². The number of rotatable bonds is 18. The van der Waals surface area contributed by atoms with Crippen LogP contribution in [-0.4, -0.2) is 40.0 Å². The lowest BCUT2D eigenvalue weighted by Crippen LogP contribution is -2.27. The summed E-state index contributed by atoms with van der Waals surface area (Å²) in [5.74, 6) is 1.81. The maximum Gasteiger partial charge on any atom is 0.151 e. The van der Waals surface area contributed by atoms with Gasteiger partial charge in [0.05, 0.1) is 6.20 Å². The van der Waals surface area contributed by atoms with Crippen LogP contribution < -0.4 is 10.2 Å². The molecule has 0 amide bonds. The molecule has 0 saturated heterocycles. The molecule has 5 aromatic rings. The number of nitrogens with zero attached hydrogens (tertiary/aromatic N) is 5. The van der Waals surface area contributed by atoms with Crippen LogP contribution in [0, 0.1) is 0 Å². The zero-order valence-corrected chi connectivity index (χ0v) is 26.6. The molecule has 0 atom stereocenters. The van der Waals surface area contributed by atoms with Crippen molar-refractivity contribution in [3.8, 4) is 33.5 Å². The molecule has 0 spiro atoms. The summed E-state index contributed by atoms with van der Waals surface area (Å²) < 4.78 is 0. The zero-order valence-electron chi connectivity index (χ0n) is 26.6. The molecular weight excluding hydrogens is 552 g/mol. The molecule has 1 N–H and O–H groups in total. The van der Waals surface area contributed by atoms with Crippen molar-refractivity contribution in [3.63, 3.8) is 0 Å².